The monoisotopic (exact) mass is 263 g/mol. The number of anilines is 1. The first-order valence-electron chi connectivity index (χ1n) is 6.59. The van der Waals surface area contributed by atoms with Crippen LogP contribution in [0.2, 0.25) is 0 Å². The molecule has 20 heavy (non-hydrogen) atoms. The molecule has 4 rings (SSSR count). The van der Waals surface area contributed by atoms with Gasteiger partial charge in [-0.25, -0.2) is 4.99 Å². The van der Waals surface area contributed by atoms with E-state index in [1.165, 1.54) is 0 Å². The molecule has 1 atom stereocenters. The number of amides is 1. The molecule has 0 unspecified atom stereocenters. The molecule has 2 aromatic rings. The van der Waals surface area contributed by atoms with Crippen LogP contribution in [0.15, 0.2) is 53.5 Å². The van der Waals surface area contributed by atoms with Gasteiger partial charge in [-0.05, 0) is 25.1 Å². The minimum atomic E-state index is -0.175. The van der Waals surface area contributed by atoms with Gasteiger partial charge >= 0.3 is 0 Å². The van der Waals surface area contributed by atoms with E-state index in [4.69, 9.17) is 0 Å². The molecular formula is C16H13N3O. The molecule has 0 aliphatic carbocycles. The molecule has 2 aliphatic rings. The van der Waals surface area contributed by atoms with Crippen molar-refractivity contribution >= 4 is 23.1 Å². The minimum absolute atomic E-state index is 0.0358. The fraction of sp³-hybridized carbons (Fsp3) is 0.125. The van der Waals surface area contributed by atoms with Gasteiger partial charge in [-0.2, -0.15) is 0 Å². The number of para-hydroxylation sites is 2. The van der Waals surface area contributed by atoms with Crippen LogP contribution >= 0.6 is 0 Å². The lowest BCUT2D eigenvalue weighted by Gasteiger charge is -2.41. The van der Waals surface area contributed by atoms with Crippen molar-refractivity contribution in [1.82, 2.24) is 5.32 Å². The SMILES string of the molecule is CC1=Nc2ccccc2[C@@H]2NC(=O)c3ccccc3N12. The van der Waals surface area contributed by atoms with Gasteiger partial charge in [0.15, 0.2) is 0 Å². The van der Waals surface area contributed by atoms with E-state index in [9.17, 15) is 4.79 Å². The summed E-state index contributed by atoms with van der Waals surface area (Å²) in [6.45, 7) is 1.97. The van der Waals surface area contributed by atoms with Crippen molar-refractivity contribution in [2.75, 3.05) is 4.90 Å². The third-order valence-electron chi connectivity index (χ3n) is 3.80. The summed E-state index contributed by atoms with van der Waals surface area (Å²) in [4.78, 5) is 19.0. The molecular weight excluding hydrogens is 250 g/mol. The second kappa shape index (κ2) is 3.93. The number of nitrogens with one attached hydrogen (secondary N) is 1. The molecule has 0 fully saturated rings. The van der Waals surface area contributed by atoms with Crippen molar-refractivity contribution in [3.8, 4) is 0 Å². The first-order chi connectivity index (χ1) is 9.75. The zero-order chi connectivity index (χ0) is 13.7. The first-order valence-corrected chi connectivity index (χ1v) is 6.59. The number of aliphatic imine (C=N–C) groups is 1. The Morgan fingerprint density at radius 2 is 1.85 bits per heavy atom. The van der Waals surface area contributed by atoms with Gasteiger partial charge in [0.2, 0.25) is 0 Å². The number of hydrogen-bond acceptors (Lipinski definition) is 3. The van der Waals surface area contributed by atoms with Crippen molar-refractivity contribution in [3.63, 3.8) is 0 Å². The summed E-state index contributed by atoms with van der Waals surface area (Å²) in [7, 11) is 0. The molecule has 1 N–H and O–H groups in total. The molecule has 0 spiro atoms. The molecule has 0 saturated carbocycles. The van der Waals surface area contributed by atoms with Crippen LogP contribution in [-0.4, -0.2) is 11.7 Å². The Morgan fingerprint density at radius 1 is 1.10 bits per heavy atom. The molecule has 0 radical (unpaired) electrons. The van der Waals surface area contributed by atoms with Gasteiger partial charge in [0.25, 0.3) is 5.91 Å². The van der Waals surface area contributed by atoms with E-state index in [1.807, 2.05) is 55.5 Å². The highest BCUT2D eigenvalue weighted by molar-refractivity contribution is 6.10. The number of carbonyl (C=O) groups is 1. The lowest BCUT2D eigenvalue weighted by molar-refractivity contribution is 0.0930. The van der Waals surface area contributed by atoms with Crippen LogP contribution in [0.25, 0.3) is 0 Å². The van der Waals surface area contributed by atoms with E-state index in [0.717, 1.165) is 22.8 Å². The quantitative estimate of drug-likeness (QED) is 0.794. The zero-order valence-corrected chi connectivity index (χ0v) is 11.0. The average Bonchev–Trinajstić information content (AvgIpc) is 2.47. The number of benzene rings is 2. The summed E-state index contributed by atoms with van der Waals surface area (Å²) in [5, 5.41) is 3.07. The Morgan fingerprint density at radius 3 is 2.75 bits per heavy atom. The van der Waals surface area contributed by atoms with Crippen molar-refractivity contribution in [2.24, 2.45) is 4.99 Å². The summed E-state index contributed by atoms with van der Waals surface area (Å²) in [6, 6.07) is 15.6. The third kappa shape index (κ3) is 1.42. The molecule has 4 heteroatoms. The Hall–Kier alpha value is -2.62. The Balaban J connectivity index is 1.97. The topological polar surface area (TPSA) is 44.7 Å². The Kier molecular flexibility index (Phi) is 2.21. The fourth-order valence-electron chi connectivity index (χ4n) is 2.91. The van der Waals surface area contributed by atoms with Crippen LogP contribution in [0.5, 0.6) is 0 Å². The van der Waals surface area contributed by atoms with Crippen LogP contribution < -0.4 is 10.2 Å². The highest BCUT2D eigenvalue weighted by atomic mass is 16.2. The van der Waals surface area contributed by atoms with Gasteiger partial charge in [0.1, 0.15) is 12.0 Å². The van der Waals surface area contributed by atoms with Crippen LogP contribution in [0.4, 0.5) is 11.4 Å². The molecule has 2 heterocycles. The van der Waals surface area contributed by atoms with E-state index in [-0.39, 0.29) is 12.1 Å². The summed E-state index contributed by atoms with van der Waals surface area (Å²) < 4.78 is 0. The maximum Gasteiger partial charge on any atom is 0.255 e. The second-order valence-corrected chi connectivity index (χ2v) is 4.98. The van der Waals surface area contributed by atoms with E-state index < -0.39 is 0 Å². The number of fused-ring (bicyclic) bond motifs is 5. The smallest absolute Gasteiger partial charge is 0.255 e. The van der Waals surface area contributed by atoms with Crippen LogP contribution in [-0.2, 0) is 0 Å². The highest BCUT2D eigenvalue weighted by Crippen LogP contribution is 2.40. The van der Waals surface area contributed by atoms with Gasteiger partial charge in [0, 0.05) is 5.56 Å². The summed E-state index contributed by atoms with van der Waals surface area (Å²) >= 11 is 0. The van der Waals surface area contributed by atoms with Gasteiger partial charge in [-0.15, -0.1) is 0 Å². The largest absolute Gasteiger partial charge is 0.327 e. The van der Waals surface area contributed by atoms with Crippen LogP contribution in [0.1, 0.15) is 29.0 Å². The predicted molar refractivity (Wildman–Crippen MR) is 78.3 cm³/mol. The molecule has 0 aromatic heterocycles. The lowest BCUT2D eigenvalue weighted by atomic mass is 10.0. The maximum atomic E-state index is 12.3. The molecule has 1 amide bonds. The van der Waals surface area contributed by atoms with Gasteiger partial charge in [-0.1, -0.05) is 30.3 Å². The second-order valence-electron chi connectivity index (χ2n) is 4.98. The molecule has 98 valence electrons. The Labute approximate surface area is 116 Å². The first kappa shape index (κ1) is 11.2. The molecule has 0 saturated heterocycles. The maximum absolute atomic E-state index is 12.3. The summed E-state index contributed by atoms with van der Waals surface area (Å²) in [6.07, 6.45) is -0.175. The number of nitrogens with zero attached hydrogens (tertiary/aromatic N) is 2. The number of rotatable bonds is 0. The summed E-state index contributed by atoms with van der Waals surface area (Å²) in [5.41, 5.74) is 3.56. The van der Waals surface area contributed by atoms with Gasteiger partial charge in [0.05, 0.1) is 16.9 Å². The molecule has 4 nitrogen and oxygen atoms in total. The number of carbonyl (C=O) groups excluding carboxylic acids is 1. The van der Waals surface area contributed by atoms with Crippen molar-refractivity contribution < 1.29 is 4.79 Å². The number of amidine groups is 1. The van der Waals surface area contributed by atoms with Crippen LogP contribution in [0, 0.1) is 0 Å². The van der Waals surface area contributed by atoms with E-state index in [1.54, 1.807) is 0 Å². The molecule has 0 bridgehead atoms. The molecule has 2 aromatic carbocycles. The normalized spacial score (nSPS) is 19.4. The predicted octanol–water partition coefficient (Wildman–Crippen LogP) is 3.00. The van der Waals surface area contributed by atoms with Gasteiger partial charge in [-0.3, -0.25) is 4.79 Å². The summed E-state index contributed by atoms with van der Waals surface area (Å²) in [5.74, 6) is 0.854. The molecule has 2 aliphatic heterocycles. The standard InChI is InChI=1S/C16H13N3O/c1-10-17-13-8-4-2-6-11(13)15-18-16(20)12-7-3-5-9-14(12)19(10)15/h2-9,15H,1H3,(H,18,20)/t15-/m1/s1. The van der Waals surface area contributed by atoms with E-state index in [0.29, 0.717) is 5.56 Å². The van der Waals surface area contributed by atoms with Crippen molar-refractivity contribution in [1.29, 1.82) is 0 Å². The van der Waals surface area contributed by atoms with Crippen molar-refractivity contribution in [2.45, 2.75) is 13.1 Å². The highest BCUT2D eigenvalue weighted by Gasteiger charge is 2.36. The van der Waals surface area contributed by atoms with E-state index >= 15 is 0 Å². The Bertz CT molecular complexity index is 751. The van der Waals surface area contributed by atoms with Crippen molar-refractivity contribution in [3.05, 3.63) is 59.7 Å². The third-order valence-corrected chi connectivity index (χ3v) is 3.80. The van der Waals surface area contributed by atoms with Crippen LogP contribution in [0.3, 0.4) is 0 Å². The van der Waals surface area contributed by atoms with Gasteiger partial charge < -0.3 is 10.2 Å². The zero-order valence-electron chi connectivity index (χ0n) is 11.0. The fourth-order valence-corrected chi connectivity index (χ4v) is 2.91. The lowest BCUT2D eigenvalue weighted by Crippen LogP contribution is -2.49. The minimum Gasteiger partial charge on any atom is -0.327 e. The van der Waals surface area contributed by atoms with E-state index in [2.05, 4.69) is 15.2 Å². The number of hydrogen-bond donors (Lipinski definition) is 1. The average molecular weight is 263 g/mol.